The smallest absolute Gasteiger partial charge is 0.317 e. The molecule has 4 bridgehead atoms. The molecule has 2 N–H and O–H groups in total. The lowest BCUT2D eigenvalue weighted by atomic mass is 9.49. The van der Waals surface area contributed by atoms with Crippen molar-refractivity contribution in [3.05, 3.63) is 23.8 Å². The van der Waals surface area contributed by atoms with Gasteiger partial charge in [0, 0.05) is 18.0 Å². The van der Waals surface area contributed by atoms with Gasteiger partial charge in [-0.05, 0) is 95.2 Å². The maximum atomic E-state index is 13.4. The van der Waals surface area contributed by atoms with Gasteiger partial charge in [0.25, 0.3) is 10.1 Å². The molecule has 0 atom stereocenters. The van der Waals surface area contributed by atoms with E-state index >= 15 is 0 Å². The van der Waals surface area contributed by atoms with Crippen LogP contribution in [0.1, 0.15) is 76.6 Å². The number of ether oxygens (including phenoxy) is 2. The summed E-state index contributed by atoms with van der Waals surface area (Å²) in [5.41, 5.74) is -0.210. The average molecular weight is 524 g/mol. The molecule has 0 unspecified atom stereocenters. The number of ketones is 1. The third-order valence-electron chi connectivity index (χ3n) is 6.97. The van der Waals surface area contributed by atoms with Crippen LogP contribution in [0.3, 0.4) is 0 Å². The van der Waals surface area contributed by atoms with Crippen LogP contribution in [0.4, 0.5) is 0 Å². The molecular weight excluding hydrogens is 486 g/mol. The molecule has 10 heteroatoms. The van der Waals surface area contributed by atoms with Crippen LogP contribution in [-0.4, -0.2) is 49.0 Å². The summed E-state index contributed by atoms with van der Waals surface area (Å²) in [4.78, 5) is 37.6. The third kappa shape index (κ3) is 7.85. The zero-order valence-corrected chi connectivity index (χ0v) is 22.4. The molecule has 0 aromatic heterocycles. The van der Waals surface area contributed by atoms with Gasteiger partial charge in [0.2, 0.25) is 0 Å². The lowest BCUT2D eigenvalue weighted by molar-refractivity contribution is -0.161. The molecule has 4 aliphatic rings. The monoisotopic (exact) mass is 523 g/mol. The minimum Gasteiger partial charge on any atom is -0.423 e. The van der Waals surface area contributed by atoms with Crippen molar-refractivity contribution < 1.29 is 36.8 Å². The van der Waals surface area contributed by atoms with Gasteiger partial charge in [0.15, 0.2) is 17.3 Å². The van der Waals surface area contributed by atoms with E-state index in [9.17, 15) is 22.8 Å². The molecule has 0 spiro atoms. The summed E-state index contributed by atoms with van der Waals surface area (Å²) in [6, 6.07) is 4.67. The number of hydrogen-bond donors (Lipinski definition) is 2. The molecule has 0 aliphatic heterocycles. The highest BCUT2D eigenvalue weighted by molar-refractivity contribution is 7.85. The Morgan fingerprint density at radius 1 is 1.00 bits per heavy atom. The van der Waals surface area contributed by atoms with E-state index in [1.165, 1.54) is 38.3 Å². The topological polar surface area (TPSA) is 136 Å². The molecule has 4 aliphatic carbocycles. The molecule has 200 valence electrons. The molecule has 9 nitrogen and oxygen atoms in total. The van der Waals surface area contributed by atoms with Crippen LogP contribution < -0.4 is 14.8 Å². The number of carbonyl (C=O) groups is 3. The fourth-order valence-corrected chi connectivity index (χ4v) is 6.02. The van der Waals surface area contributed by atoms with Crippen LogP contribution in [0.25, 0.3) is 0 Å². The highest BCUT2D eigenvalue weighted by Gasteiger charge is 2.55. The van der Waals surface area contributed by atoms with E-state index in [1.54, 1.807) is 6.07 Å². The summed E-state index contributed by atoms with van der Waals surface area (Å²) < 4.78 is 37.0. The lowest BCUT2D eigenvalue weighted by Gasteiger charge is -2.55. The van der Waals surface area contributed by atoms with Gasteiger partial charge in [-0.1, -0.05) is 0 Å². The van der Waals surface area contributed by atoms with Crippen molar-refractivity contribution in [2.75, 3.05) is 12.8 Å². The van der Waals surface area contributed by atoms with Crippen molar-refractivity contribution in [1.82, 2.24) is 5.32 Å². The predicted octanol–water partition coefficient (Wildman–Crippen LogP) is 3.81. The number of hydrogen-bond acceptors (Lipinski definition) is 8. The fourth-order valence-electron chi connectivity index (χ4n) is 6.02. The second kappa shape index (κ2) is 10.6. The number of esters is 2. The predicted molar refractivity (Wildman–Crippen MR) is 134 cm³/mol. The van der Waals surface area contributed by atoms with E-state index < -0.39 is 21.5 Å². The van der Waals surface area contributed by atoms with Crippen LogP contribution >= 0.6 is 0 Å². The number of nitrogens with one attached hydrogen (secondary N) is 1. The highest BCUT2D eigenvalue weighted by atomic mass is 32.2. The maximum absolute atomic E-state index is 13.4. The summed E-state index contributed by atoms with van der Waals surface area (Å²) in [5.74, 6) is 1.31. The molecule has 0 heterocycles. The second-order valence-corrected chi connectivity index (χ2v) is 13.1. The zero-order valence-electron chi connectivity index (χ0n) is 21.6. The van der Waals surface area contributed by atoms with Gasteiger partial charge in [-0.2, -0.15) is 8.42 Å². The number of benzene rings is 1. The number of carbonyl (C=O) groups excluding carboxylic acids is 3. The molecule has 0 saturated heterocycles. The van der Waals surface area contributed by atoms with E-state index in [2.05, 4.69) is 5.32 Å². The molecule has 4 fully saturated rings. The molecule has 36 heavy (non-hydrogen) atoms. The molecule has 0 radical (unpaired) electrons. The minimum atomic E-state index is -3.67. The third-order valence-corrected chi connectivity index (χ3v) is 6.97. The molecular formula is C26H37NO8S. The molecule has 1 aromatic carbocycles. The largest absolute Gasteiger partial charge is 0.423 e. The Balaban J connectivity index is 0.000000658. The first kappa shape index (κ1) is 28.3. The van der Waals surface area contributed by atoms with E-state index in [0.29, 0.717) is 29.6 Å². The summed E-state index contributed by atoms with van der Waals surface area (Å²) in [6.45, 7) is 7.43. The quantitative estimate of drug-likeness (QED) is 0.247. The minimum absolute atomic E-state index is 0.114. The summed E-state index contributed by atoms with van der Waals surface area (Å²) in [5, 5.41) is 3.17. The van der Waals surface area contributed by atoms with Gasteiger partial charge in [0.1, 0.15) is 0 Å². The zero-order chi connectivity index (χ0) is 26.9. The van der Waals surface area contributed by atoms with Gasteiger partial charge in [0.05, 0.1) is 18.2 Å². The first-order valence-electron chi connectivity index (χ1n) is 12.3. The van der Waals surface area contributed by atoms with E-state index in [-0.39, 0.29) is 35.3 Å². The number of rotatable bonds is 6. The maximum Gasteiger partial charge on any atom is 0.317 e. The second-order valence-electron chi connectivity index (χ2n) is 11.6. The van der Waals surface area contributed by atoms with Crippen LogP contribution in [-0.2, 0) is 19.7 Å². The Bertz CT molecular complexity index is 1080. The Kier molecular flexibility index (Phi) is 8.32. The van der Waals surface area contributed by atoms with E-state index in [1.807, 2.05) is 20.8 Å². The van der Waals surface area contributed by atoms with Crippen LogP contribution in [0.5, 0.6) is 11.5 Å². The van der Waals surface area contributed by atoms with Crippen molar-refractivity contribution in [3.8, 4) is 11.5 Å². The molecule has 0 amide bonds. The van der Waals surface area contributed by atoms with Crippen molar-refractivity contribution in [1.29, 1.82) is 0 Å². The summed E-state index contributed by atoms with van der Waals surface area (Å²) >= 11 is 0. The molecule has 1 aromatic rings. The van der Waals surface area contributed by atoms with Crippen molar-refractivity contribution in [2.45, 2.75) is 71.8 Å². The Morgan fingerprint density at radius 3 is 1.94 bits per heavy atom. The Hall–Kier alpha value is -2.30. The normalized spacial score (nSPS) is 26.6. The SMILES string of the molecule is CC(=O)Oc1ccc(C(=O)CNC(C)(C)C)cc1OC(=O)C12CC3CC(CC(C3)C1)C2.CS(=O)(=O)O. The van der Waals surface area contributed by atoms with Gasteiger partial charge < -0.3 is 14.8 Å². The molecule has 4 saturated carbocycles. The van der Waals surface area contributed by atoms with E-state index in [4.69, 9.17) is 14.0 Å². The van der Waals surface area contributed by atoms with Gasteiger partial charge >= 0.3 is 11.9 Å². The van der Waals surface area contributed by atoms with Crippen LogP contribution in [0, 0.1) is 23.2 Å². The van der Waals surface area contributed by atoms with E-state index in [0.717, 1.165) is 19.3 Å². The summed E-state index contributed by atoms with van der Waals surface area (Å²) in [6.07, 6.45) is 7.06. The van der Waals surface area contributed by atoms with Crippen molar-refractivity contribution >= 4 is 27.8 Å². The van der Waals surface area contributed by atoms with Crippen LogP contribution in [0.15, 0.2) is 18.2 Å². The van der Waals surface area contributed by atoms with Crippen LogP contribution in [0.2, 0.25) is 0 Å². The van der Waals surface area contributed by atoms with Crippen molar-refractivity contribution in [2.24, 2.45) is 23.2 Å². The van der Waals surface area contributed by atoms with Gasteiger partial charge in [-0.3, -0.25) is 18.9 Å². The highest BCUT2D eigenvalue weighted by Crippen LogP contribution is 2.60. The Labute approximate surface area is 213 Å². The average Bonchev–Trinajstić information content (AvgIpc) is 2.70. The lowest BCUT2D eigenvalue weighted by Crippen LogP contribution is -2.51. The standard InChI is InChI=1S/C25H33NO5.CH4O3S/c1-15(27)30-21-6-5-19(20(28)14-26-24(2,3)4)10-22(21)31-23(29)25-11-16-7-17(12-25)9-18(8-16)13-25;1-5(2,3)4/h5-6,10,16-18,26H,7-9,11-14H2,1-4H3;1H3,(H,2,3,4). The van der Waals surface area contributed by atoms with Gasteiger partial charge in [-0.25, -0.2) is 0 Å². The molecule has 5 rings (SSSR count). The summed E-state index contributed by atoms with van der Waals surface area (Å²) in [7, 11) is -3.67. The first-order valence-corrected chi connectivity index (χ1v) is 14.1. The van der Waals surface area contributed by atoms with Crippen molar-refractivity contribution in [3.63, 3.8) is 0 Å². The Morgan fingerprint density at radius 2 is 1.50 bits per heavy atom. The fraction of sp³-hybridized carbons (Fsp3) is 0.654. The number of Topliss-reactive ketones (excluding diaryl/α,β-unsaturated/α-hetero) is 1. The van der Waals surface area contributed by atoms with Gasteiger partial charge in [-0.15, -0.1) is 0 Å². The first-order chi connectivity index (χ1) is 16.5.